The van der Waals surface area contributed by atoms with Crippen LogP contribution >= 0.6 is 0 Å². The first kappa shape index (κ1) is 35.9. The van der Waals surface area contributed by atoms with Crippen LogP contribution in [0.25, 0.3) is 11.3 Å². The van der Waals surface area contributed by atoms with E-state index in [9.17, 15) is 39.6 Å². The van der Waals surface area contributed by atoms with Crippen LogP contribution in [0.4, 0.5) is 32.3 Å². The van der Waals surface area contributed by atoms with Gasteiger partial charge in [-0.3, -0.25) is 4.79 Å². The van der Waals surface area contributed by atoms with Gasteiger partial charge in [-0.1, -0.05) is 24.3 Å². The number of anilines is 1. The fourth-order valence-electron chi connectivity index (χ4n) is 7.09. The minimum Gasteiger partial charge on any atom is -0.475 e. The lowest BCUT2D eigenvalue weighted by Gasteiger charge is -2.43. The van der Waals surface area contributed by atoms with Crippen LogP contribution in [0.3, 0.4) is 0 Å². The minimum absolute atomic E-state index is 0.0739. The Labute approximate surface area is 285 Å². The zero-order valence-corrected chi connectivity index (χ0v) is 28.2. The third kappa shape index (κ3) is 7.70. The third-order valence-corrected chi connectivity index (χ3v) is 11.2. The van der Waals surface area contributed by atoms with Gasteiger partial charge in [-0.25, -0.2) is 18.1 Å². The first-order valence-corrected chi connectivity index (χ1v) is 17.8. The van der Waals surface area contributed by atoms with Crippen molar-refractivity contribution in [2.45, 2.75) is 94.2 Å². The van der Waals surface area contributed by atoms with Crippen molar-refractivity contribution >= 4 is 21.9 Å². The summed E-state index contributed by atoms with van der Waals surface area (Å²) in [4.78, 5) is 24.2. The molecule has 0 radical (unpaired) electrons. The number of halogens is 6. The Morgan fingerprint density at radius 1 is 0.960 bits per heavy atom. The molecular formula is C34H37F6N5O4S. The lowest BCUT2D eigenvalue weighted by atomic mass is 9.87. The molecule has 50 heavy (non-hydrogen) atoms. The normalized spacial score (nSPS) is 23.5. The van der Waals surface area contributed by atoms with Crippen molar-refractivity contribution < 1.29 is 44.3 Å². The quantitative estimate of drug-likeness (QED) is 0.264. The van der Waals surface area contributed by atoms with E-state index in [0.717, 1.165) is 17.2 Å². The van der Waals surface area contributed by atoms with Crippen LogP contribution in [0, 0.1) is 19.3 Å². The largest absolute Gasteiger partial charge is 0.475 e. The van der Waals surface area contributed by atoms with E-state index in [4.69, 9.17) is 4.74 Å². The number of aromatic nitrogens is 2. The molecule has 1 aromatic heterocycles. The molecule has 2 fully saturated rings. The van der Waals surface area contributed by atoms with Gasteiger partial charge in [0.1, 0.15) is 6.61 Å². The summed E-state index contributed by atoms with van der Waals surface area (Å²) in [5, 5.41) is 2.49. The molecule has 2 aliphatic carbocycles. The number of rotatable bonds is 6. The van der Waals surface area contributed by atoms with E-state index >= 15 is 0 Å². The second-order valence-corrected chi connectivity index (χ2v) is 15.2. The van der Waals surface area contributed by atoms with Crippen LogP contribution < -0.4 is 14.8 Å². The van der Waals surface area contributed by atoms with Crippen molar-refractivity contribution in [3.63, 3.8) is 0 Å². The van der Waals surface area contributed by atoms with E-state index < -0.39 is 71.4 Å². The lowest BCUT2D eigenvalue weighted by molar-refractivity contribution is -0.193. The fraction of sp³-hybridized carbons (Fsp3) is 0.500. The molecule has 1 atom stereocenters. The van der Waals surface area contributed by atoms with Crippen molar-refractivity contribution in [2.24, 2.45) is 5.41 Å². The van der Waals surface area contributed by atoms with Gasteiger partial charge in [0.25, 0.3) is 15.9 Å². The van der Waals surface area contributed by atoms with Crippen molar-refractivity contribution in [3.8, 4) is 17.1 Å². The number of alkyl halides is 6. The Hall–Kier alpha value is -3.92. The molecule has 1 aliphatic heterocycles. The van der Waals surface area contributed by atoms with Gasteiger partial charge in [0.05, 0.1) is 28.6 Å². The first-order valence-electron chi connectivity index (χ1n) is 16.4. The first-order chi connectivity index (χ1) is 23.4. The van der Waals surface area contributed by atoms with E-state index in [1.54, 1.807) is 0 Å². The van der Waals surface area contributed by atoms with Crippen LogP contribution in [-0.2, 0) is 10.0 Å². The summed E-state index contributed by atoms with van der Waals surface area (Å²) in [5.41, 5.74) is 0.524. The number of nitrogens with zero attached hydrogens (tertiary/aromatic N) is 3. The van der Waals surface area contributed by atoms with Gasteiger partial charge in [-0.15, -0.1) is 0 Å². The summed E-state index contributed by atoms with van der Waals surface area (Å²) < 4.78 is 118. The SMILES string of the molecule is Cc1cccc(C)c1-c1cc2nc(n1)NS(=O)(=O)c1cccc(c1)C(=O)N(C1CCC(NCC(F)(F)F)CC1)[C@H](CC1(C(F)(F)F)CC1)CO2. The van der Waals surface area contributed by atoms with Crippen molar-refractivity contribution in [1.82, 2.24) is 20.2 Å². The highest BCUT2D eigenvalue weighted by atomic mass is 32.2. The highest BCUT2D eigenvalue weighted by Crippen LogP contribution is 2.61. The molecule has 2 N–H and O–H groups in total. The average Bonchev–Trinajstić information content (AvgIpc) is 3.83. The smallest absolute Gasteiger partial charge is 0.401 e. The number of carbonyl (C=O) groups is 1. The number of sulfonamides is 1. The molecule has 9 nitrogen and oxygen atoms in total. The highest BCUT2D eigenvalue weighted by Gasteiger charge is 2.64. The molecule has 2 heterocycles. The predicted molar refractivity (Wildman–Crippen MR) is 172 cm³/mol. The van der Waals surface area contributed by atoms with E-state index in [2.05, 4.69) is 20.0 Å². The fourth-order valence-corrected chi connectivity index (χ4v) is 8.08. The van der Waals surface area contributed by atoms with E-state index in [-0.39, 0.29) is 60.8 Å². The molecular weight excluding hydrogens is 688 g/mol. The summed E-state index contributed by atoms with van der Waals surface area (Å²) in [7, 11) is -4.37. The summed E-state index contributed by atoms with van der Waals surface area (Å²) in [6.45, 7) is 2.10. The topological polar surface area (TPSA) is 114 Å². The monoisotopic (exact) mass is 725 g/mol. The highest BCUT2D eigenvalue weighted by molar-refractivity contribution is 7.92. The molecule has 2 aromatic carbocycles. The van der Waals surface area contributed by atoms with E-state index in [1.165, 1.54) is 29.2 Å². The lowest BCUT2D eigenvalue weighted by Crippen LogP contribution is -2.53. The van der Waals surface area contributed by atoms with E-state index in [1.807, 2.05) is 32.0 Å². The molecule has 0 unspecified atom stereocenters. The Balaban J connectivity index is 1.44. The zero-order valence-electron chi connectivity index (χ0n) is 27.4. The van der Waals surface area contributed by atoms with Crippen molar-refractivity contribution in [3.05, 3.63) is 65.2 Å². The maximum Gasteiger partial charge on any atom is 0.401 e. The number of amides is 1. The zero-order chi connectivity index (χ0) is 36.1. The number of aryl methyl sites for hydroxylation is 2. The molecule has 3 aliphatic rings. The summed E-state index contributed by atoms with van der Waals surface area (Å²) in [6, 6.07) is 9.89. The summed E-state index contributed by atoms with van der Waals surface area (Å²) in [5.74, 6) is -1.15. The number of fused-ring (bicyclic) bond motifs is 4. The second kappa shape index (κ2) is 13.3. The minimum atomic E-state index is -4.56. The van der Waals surface area contributed by atoms with E-state index in [0.29, 0.717) is 11.3 Å². The Bertz CT molecular complexity index is 1840. The van der Waals surface area contributed by atoms with Gasteiger partial charge < -0.3 is 15.0 Å². The third-order valence-electron chi connectivity index (χ3n) is 9.87. The van der Waals surface area contributed by atoms with Gasteiger partial charge in [0.15, 0.2) is 0 Å². The molecule has 2 saturated carbocycles. The van der Waals surface area contributed by atoms with Crippen LogP contribution in [0.1, 0.15) is 66.4 Å². The molecule has 0 saturated heterocycles. The number of carbonyl (C=O) groups excluding carboxylic acids is 1. The average molecular weight is 726 g/mol. The molecule has 16 heteroatoms. The number of benzene rings is 2. The number of nitrogens with one attached hydrogen (secondary N) is 2. The summed E-state index contributed by atoms with van der Waals surface area (Å²) >= 11 is 0. The van der Waals surface area contributed by atoms with Gasteiger partial charge in [-0.2, -0.15) is 31.3 Å². The molecule has 4 bridgehead atoms. The molecule has 1 amide bonds. The second-order valence-electron chi connectivity index (χ2n) is 13.5. The van der Waals surface area contributed by atoms with Crippen LogP contribution in [0.2, 0.25) is 0 Å². The summed E-state index contributed by atoms with van der Waals surface area (Å²) in [6.07, 6.45) is -8.80. The predicted octanol–water partition coefficient (Wildman–Crippen LogP) is 6.96. The number of hydrogen-bond acceptors (Lipinski definition) is 7. The van der Waals surface area contributed by atoms with Crippen molar-refractivity contribution in [2.75, 3.05) is 17.9 Å². The number of ether oxygens (including phenoxy) is 1. The molecule has 3 aromatic rings. The Morgan fingerprint density at radius 3 is 2.24 bits per heavy atom. The Kier molecular flexibility index (Phi) is 9.56. The maximum absolute atomic E-state index is 14.5. The van der Waals surface area contributed by atoms with Crippen LogP contribution in [0.5, 0.6) is 5.88 Å². The van der Waals surface area contributed by atoms with Gasteiger partial charge in [0, 0.05) is 29.3 Å². The van der Waals surface area contributed by atoms with Crippen LogP contribution in [0.15, 0.2) is 53.4 Å². The van der Waals surface area contributed by atoms with Gasteiger partial charge in [-0.05, 0) is 88.1 Å². The Morgan fingerprint density at radius 2 is 1.62 bits per heavy atom. The standard InChI is InChI=1S/C34H37F6N5O4S/c1-20-5-3-6-21(2)29(20)27-16-28-43-31(42-27)44-50(47,48)26-8-4-7-22(15-26)30(46)45(24-11-9-23(10-12-24)41-19-33(35,36)37)25(18-49-28)17-32(13-14-32)34(38,39)40/h3-8,15-16,23-25,41H,9-14,17-19H2,1-2H3,(H,42,43,44)/t23?,24?,25-/m1/s1. The number of hydrogen-bond donors (Lipinski definition) is 2. The van der Waals surface area contributed by atoms with Crippen molar-refractivity contribution in [1.29, 1.82) is 0 Å². The molecule has 0 spiro atoms. The molecule has 270 valence electrons. The molecule has 6 rings (SSSR count). The van der Waals surface area contributed by atoms with Gasteiger partial charge >= 0.3 is 12.4 Å². The van der Waals surface area contributed by atoms with Gasteiger partial charge in [0.2, 0.25) is 11.8 Å². The van der Waals surface area contributed by atoms with Crippen LogP contribution in [-0.4, -0.2) is 72.8 Å². The maximum atomic E-state index is 14.5.